The van der Waals surface area contributed by atoms with E-state index in [9.17, 15) is 14.9 Å². The van der Waals surface area contributed by atoms with Crippen LogP contribution in [-0.2, 0) is 11.8 Å². The van der Waals surface area contributed by atoms with Crippen molar-refractivity contribution in [2.75, 3.05) is 43.1 Å². The Morgan fingerprint density at radius 3 is 2.84 bits per heavy atom. The van der Waals surface area contributed by atoms with Crippen LogP contribution in [0.15, 0.2) is 33.8 Å². The third kappa shape index (κ3) is 4.58. The van der Waals surface area contributed by atoms with E-state index in [0.717, 1.165) is 32.7 Å². The van der Waals surface area contributed by atoms with Gasteiger partial charge in [0.05, 0.1) is 11.5 Å². The fraction of sp³-hybridized carbons (Fsp3) is 0.500. The molecule has 2 aliphatic rings. The van der Waals surface area contributed by atoms with Crippen molar-refractivity contribution in [2.45, 2.75) is 25.4 Å². The molecule has 1 unspecified atom stereocenters. The summed E-state index contributed by atoms with van der Waals surface area (Å²) in [7, 11) is 1.62. The predicted octanol–water partition coefficient (Wildman–Crippen LogP) is 2.49. The number of nitro benzene ring substituents is 1. The molecule has 0 bridgehead atoms. The molecule has 2 atom stereocenters. The number of ether oxygens (including phenoxy) is 1. The lowest BCUT2D eigenvalue weighted by Gasteiger charge is -2.43. The molecule has 2 aliphatic heterocycles. The molecule has 31 heavy (non-hydrogen) atoms. The Morgan fingerprint density at radius 1 is 1.35 bits per heavy atom. The number of aryl methyl sites for hydroxylation is 1. The maximum Gasteiger partial charge on any atom is 0.294 e. The first-order chi connectivity index (χ1) is 14.8. The van der Waals surface area contributed by atoms with Crippen molar-refractivity contribution in [3.8, 4) is 0 Å². The molecule has 0 amide bonds. The Morgan fingerprint density at radius 2 is 2.16 bits per heavy atom. The molecule has 10 nitrogen and oxygen atoms in total. The van der Waals surface area contributed by atoms with E-state index in [1.807, 2.05) is 0 Å². The molecular formula is C20H25BrN6O4. The molecule has 2 aromatic rings. The molecule has 3 heterocycles. The summed E-state index contributed by atoms with van der Waals surface area (Å²) in [5.41, 5.74) is 0.699. The average molecular weight is 493 g/mol. The van der Waals surface area contributed by atoms with Gasteiger partial charge in [-0.3, -0.25) is 19.8 Å². The minimum absolute atomic E-state index is 0.00122. The Kier molecular flexibility index (Phi) is 6.26. The van der Waals surface area contributed by atoms with E-state index < -0.39 is 0 Å². The summed E-state index contributed by atoms with van der Waals surface area (Å²) >= 11 is 3.26. The van der Waals surface area contributed by atoms with Gasteiger partial charge in [0, 0.05) is 63.3 Å². The van der Waals surface area contributed by atoms with E-state index in [0.29, 0.717) is 28.6 Å². The summed E-state index contributed by atoms with van der Waals surface area (Å²) in [5, 5.41) is 14.8. The Balaban J connectivity index is 1.57. The van der Waals surface area contributed by atoms with Gasteiger partial charge >= 0.3 is 0 Å². The van der Waals surface area contributed by atoms with Crippen molar-refractivity contribution in [1.82, 2.24) is 14.5 Å². The summed E-state index contributed by atoms with van der Waals surface area (Å²) < 4.78 is 7.39. The van der Waals surface area contributed by atoms with Crippen LogP contribution < -0.4 is 15.8 Å². The van der Waals surface area contributed by atoms with Crippen molar-refractivity contribution < 1.29 is 9.66 Å². The van der Waals surface area contributed by atoms with Gasteiger partial charge < -0.3 is 19.5 Å². The number of anilines is 3. The fourth-order valence-corrected chi connectivity index (χ4v) is 4.75. The van der Waals surface area contributed by atoms with Gasteiger partial charge in [-0.05, 0) is 41.4 Å². The summed E-state index contributed by atoms with van der Waals surface area (Å²) in [6.07, 6.45) is 2.59. The highest BCUT2D eigenvalue weighted by Crippen LogP contribution is 2.34. The predicted molar refractivity (Wildman–Crippen MR) is 121 cm³/mol. The first-order valence-corrected chi connectivity index (χ1v) is 11.0. The molecule has 11 heteroatoms. The largest absolute Gasteiger partial charge is 0.380 e. The average Bonchev–Trinajstić information content (AvgIpc) is 3.26. The molecule has 0 aliphatic carbocycles. The summed E-state index contributed by atoms with van der Waals surface area (Å²) in [4.78, 5) is 32.4. The van der Waals surface area contributed by atoms with Crippen LogP contribution in [0, 0.1) is 10.1 Å². The quantitative estimate of drug-likeness (QED) is 0.501. The standard InChI is InChI=1S/C20H25BrN6O4/c1-13-10-25(15-5-8-31-12-15)6-7-26(13)16-4-3-14(9-17(16)27(29)30)22-19-20(28)24(2)11-18(21)23-19/h3-4,9,11,13,15H,5-8,10,12H2,1-2H3,(H,22,23)/t13-,15?/m0/s1. The summed E-state index contributed by atoms with van der Waals surface area (Å²) in [5.74, 6) is 0.0969. The monoisotopic (exact) mass is 492 g/mol. The lowest BCUT2D eigenvalue weighted by atomic mass is 10.1. The van der Waals surface area contributed by atoms with E-state index >= 15 is 0 Å². The third-order valence-corrected chi connectivity index (χ3v) is 6.25. The van der Waals surface area contributed by atoms with Gasteiger partial charge in [-0.1, -0.05) is 0 Å². The molecule has 0 radical (unpaired) electrons. The van der Waals surface area contributed by atoms with Gasteiger partial charge in [0.15, 0.2) is 5.82 Å². The molecule has 4 rings (SSSR count). The SMILES string of the molecule is C[C@H]1CN(C2CCOC2)CCN1c1ccc(Nc2nc(Br)cn(C)c2=O)cc1[N+](=O)[O-]. The maximum atomic E-state index is 12.3. The number of rotatable bonds is 5. The molecule has 0 spiro atoms. The van der Waals surface area contributed by atoms with Crippen LogP contribution in [0.3, 0.4) is 0 Å². The number of hydrogen-bond donors (Lipinski definition) is 1. The van der Waals surface area contributed by atoms with Crippen LogP contribution in [0.4, 0.5) is 22.9 Å². The van der Waals surface area contributed by atoms with Gasteiger partial charge in [0.25, 0.3) is 11.2 Å². The summed E-state index contributed by atoms with van der Waals surface area (Å²) in [6.45, 7) is 6.04. The number of nitro groups is 1. The molecular weight excluding hydrogens is 468 g/mol. The Hall–Kier alpha value is -2.50. The second-order valence-corrected chi connectivity index (χ2v) is 8.78. The van der Waals surface area contributed by atoms with Gasteiger partial charge in [0.2, 0.25) is 0 Å². The van der Waals surface area contributed by atoms with E-state index in [1.54, 1.807) is 25.4 Å². The minimum atomic E-state index is -0.378. The van der Waals surface area contributed by atoms with Gasteiger partial charge in [-0.25, -0.2) is 4.98 Å². The first-order valence-electron chi connectivity index (χ1n) is 10.2. The molecule has 2 saturated heterocycles. The number of aromatic nitrogens is 2. The van der Waals surface area contributed by atoms with E-state index in [2.05, 4.69) is 43.0 Å². The number of benzene rings is 1. The molecule has 2 fully saturated rings. The molecule has 1 aromatic heterocycles. The van der Waals surface area contributed by atoms with Crippen molar-refractivity contribution in [2.24, 2.45) is 7.05 Å². The van der Waals surface area contributed by atoms with Gasteiger partial charge in [-0.2, -0.15) is 0 Å². The van der Waals surface area contributed by atoms with Crippen LogP contribution >= 0.6 is 15.9 Å². The normalized spacial score (nSPS) is 22.0. The van der Waals surface area contributed by atoms with Crippen molar-refractivity contribution >= 4 is 38.8 Å². The van der Waals surface area contributed by atoms with Crippen molar-refractivity contribution in [1.29, 1.82) is 0 Å². The second kappa shape index (κ2) is 8.93. The van der Waals surface area contributed by atoms with Crippen molar-refractivity contribution in [3.05, 3.63) is 49.5 Å². The van der Waals surface area contributed by atoms with Crippen LogP contribution in [-0.4, -0.2) is 64.3 Å². The van der Waals surface area contributed by atoms with Crippen LogP contribution in [0.1, 0.15) is 13.3 Å². The number of halogens is 1. The Bertz CT molecular complexity index is 1040. The highest BCUT2D eigenvalue weighted by molar-refractivity contribution is 9.10. The highest BCUT2D eigenvalue weighted by Gasteiger charge is 2.33. The van der Waals surface area contributed by atoms with Gasteiger partial charge in [0.1, 0.15) is 10.3 Å². The zero-order chi connectivity index (χ0) is 22.1. The molecule has 166 valence electrons. The van der Waals surface area contributed by atoms with Crippen LogP contribution in [0.25, 0.3) is 0 Å². The smallest absolute Gasteiger partial charge is 0.294 e. The first kappa shape index (κ1) is 21.7. The fourth-order valence-electron chi connectivity index (χ4n) is 4.26. The maximum absolute atomic E-state index is 12.3. The lowest BCUT2D eigenvalue weighted by molar-refractivity contribution is -0.384. The molecule has 1 aromatic carbocycles. The zero-order valence-electron chi connectivity index (χ0n) is 17.5. The number of piperazine rings is 1. The highest BCUT2D eigenvalue weighted by atomic mass is 79.9. The van der Waals surface area contributed by atoms with Gasteiger partial charge in [-0.15, -0.1) is 0 Å². The van der Waals surface area contributed by atoms with Crippen LogP contribution in [0.5, 0.6) is 0 Å². The third-order valence-electron chi connectivity index (χ3n) is 5.87. The number of hydrogen-bond acceptors (Lipinski definition) is 8. The van der Waals surface area contributed by atoms with Crippen molar-refractivity contribution in [3.63, 3.8) is 0 Å². The molecule has 0 saturated carbocycles. The lowest BCUT2D eigenvalue weighted by Crippen LogP contribution is -2.55. The number of nitrogens with one attached hydrogen (secondary N) is 1. The molecule has 1 N–H and O–H groups in total. The zero-order valence-corrected chi connectivity index (χ0v) is 19.0. The van der Waals surface area contributed by atoms with E-state index in [1.165, 1.54) is 10.6 Å². The van der Waals surface area contributed by atoms with E-state index in [-0.39, 0.29) is 28.0 Å². The second-order valence-electron chi connectivity index (χ2n) is 7.97. The summed E-state index contributed by atoms with van der Waals surface area (Å²) in [6, 6.07) is 5.51. The minimum Gasteiger partial charge on any atom is -0.380 e. The Labute approximate surface area is 188 Å². The van der Waals surface area contributed by atoms with E-state index in [4.69, 9.17) is 4.74 Å². The number of nitrogens with zero attached hydrogens (tertiary/aromatic N) is 5. The topological polar surface area (TPSA) is 106 Å². The van der Waals surface area contributed by atoms with Crippen LogP contribution in [0.2, 0.25) is 0 Å².